The van der Waals surface area contributed by atoms with Crippen LogP contribution >= 0.6 is 22.6 Å². The van der Waals surface area contributed by atoms with Gasteiger partial charge in [0, 0.05) is 15.1 Å². The Kier molecular flexibility index (Phi) is 7.73. The van der Waals surface area contributed by atoms with Gasteiger partial charge in [0.1, 0.15) is 28.7 Å². The minimum absolute atomic E-state index is 0.0399. The molecule has 3 aliphatic rings. The predicted molar refractivity (Wildman–Crippen MR) is 157 cm³/mol. The van der Waals surface area contributed by atoms with Gasteiger partial charge < -0.3 is 36.2 Å². The number of Topliss-reactive ketones (excluding diaryl/α,β-unsaturated/α-hetero) is 2. The lowest BCUT2D eigenvalue weighted by Crippen LogP contribution is -2.63. The molecule has 226 valence electrons. The third-order valence-corrected chi connectivity index (χ3v) is 9.09. The van der Waals surface area contributed by atoms with Crippen molar-refractivity contribution in [2.45, 2.75) is 24.5 Å². The average molecular weight is 707 g/mol. The number of amides is 2. The van der Waals surface area contributed by atoms with E-state index in [0.717, 1.165) is 12.1 Å². The van der Waals surface area contributed by atoms with Gasteiger partial charge in [0.15, 0.2) is 23.7 Å². The van der Waals surface area contributed by atoms with Crippen LogP contribution in [0, 0.1) is 21.2 Å². The number of allylic oxidation sites excluding steroid dienone is 1. The van der Waals surface area contributed by atoms with Crippen LogP contribution in [-0.4, -0.2) is 81.1 Å². The minimum Gasteiger partial charge on any atom is -0.510 e. The molecule has 14 heteroatoms. The zero-order valence-corrected chi connectivity index (χ0v) is 25.0. The van der Waals surface area contributed by atoms with Gasteiger partial charge in [-0.2, -0.15) is 0 Å². The molecule has 2 unspecified atom stereocenters. The molecule has 3 aliphatic carbocycles. The van der Waals surface area contributed by atoms with Crippen LogP contribution < -0.4 is 15.8 Å². The fourth-order valence-electron chi connectivity index (χ4n) is 6.23. The van der Waals surface area contributed by atoms with E-state index in [0.29, 0.717) is 9.13 Å². The topological polar surface area (TPSA) is 200 Å². The summed E-state index contributed by atoms with van der Waals surface area (Å²) in [5.74, 6) is -8.54. The summed E-state index contributed by atoms with van der Waals surface area (Å²) in [6.07, 6.45) is 0.0735. The summed E-state index contributed by atoms with van der Waals surface area (Å²) in [6, 6.07) is 5.36. The number of phenolic OH excluding ortho intramolecular Hbond substituents is 1. The number of ketones is 2. The van der Waals surface area contributed by atoms with Gasteiger partial charge in [-0.05, 0) is 91.3 Å². The van der Waals surface area contributed by atoms with E-state index in [1.165, 1.54) is 23.1 Å². The van der Waals surface area contributed by atoms with E-state index >= 15 is 0 Å². The average Bonchev–Trinajstić information content (AvgIpc) is 2.92. The second kappa shape index (κ2) is 10.9. The maximum atomic E-state index is 13.9. The summed E-state index contributed by atoms with van der Waals surface area (Å²) < 4.78 is 19.0. The SMILES string of the molecule is CN(C)[C@@H]1C(O)=C(C(N)=O)C(=O)[C@@]2(O)C(O)=C3C(=O)c4c(O)c(NC(=O)COc5ccc(F)cc5)cc(I)c4CC3CC12. The quantitative estimate of drug-likeness (QED) is 0.146. The molecule has 0 spiro atoms. The molecule has 0 fully saturated rings. The number of aliphatic hydroxyl groups excluding tert-OH is 2. The molecule has 5 rings (SSSR count). The molecule has 2 amide bonds. The lowest BCUT2D eigenvalue weighted by Gasteiger charge is -2.50. The number of hydrogen-bond acceptors (Lipinski definition) is 10. The van der Waals surface area contributed by atoms with Crippen LogP contribution in [0.2, 0.25) is 0 Å². The van der Waals surface area contributed by atoms with Crippen molar-refractivity contribution < 1.29 is 48.7 Å². The Hall–Kier alpha value is -4.02. The standard InChI is InChI=1S/C29H27FIN3O9/c1-34(2)22-15-8-11-7-14-16(31)9-17(33-18(35)10-43-13-5-3-12(30)4-6-13)23(36)20(14)24(37)19(11)26(39)29(15,42)27(40)21(25(22)38)28(32)41/h3-6,9,11,15,22,36,38-39,42H,7-8,10H2,1-2H3,(H2,32,41)(H,33,35)/t11?,15?,22-,29-/m0/s1. The summed E-state index contributed by atoms with van der Waals surface area (Å²) >= 11 is 1.95. The predicted octanol–water partition coefficient (Wildman–Crippen LogP) is 1.88. The summed E-state index contributed by atoms with van der Waals surface area (Å²) in [4.78, 5) is 53.5. The van der Waals surface area contributed by atoms with Crippen LogP contribution in [0.15, 0.2) is 53.0 Å². The smallest absolute Gasteiger partial charge is 0.262 e. The number of nitrogens with two attached hydrogens (primary N) is 1. The number of likely N-dealkylation sites (N-methyl/N-ethyl adjacent to an activating group) is 1. The fourth-order valence-corrected chi connectivity index (χ4v) is 7.04. The molecular weight excluding hydrogens is 680 g/mol. The monoisotopic (exact) mass is 707 g/mol. The van der Waals surface area contributed by atoms with E-state index in [-0.39, 0.29) is 35.4 Å². The first-order valence-corrected chi connectivity index (χ1v) is 14.1. The van der Waals surface area contributed by atoms with Gasteiger partial charge in [0.05, 0.1) is 17.3 Å². The van der Waals surface area contributed by atoms with Crippen molar-refractivity contribution in [2.24, 2.45) is 17.6 Å². The summed E-state index contributed by atoms with van der Waals surface area (Å²) in [6.45, 7) is -0.493. The molecule has 4 atom stereocenters. The minimum atomic E-state index is -2.75. The third-order valence-electron chi connectivity index (χ3n) is 8.13. The molecule has 2 aromatic carbocycles. The zero-order valence-electron chi connectivity index (χ0n) is 22.9. The van der Waals surface area contributed by atoms with Crippen LogP contribution in [0.1, 0.15) is 22.3 Å². The molecule has 0 saturated carbocycles. The van der Waals surface area contributed by atoms with Gasteiger partial charge in [-0.15, -0.1) is 0 Å². The van der Waals surface area contributed by atoms with Crippen molar-refractivity contribution in [1.29, 1.82) is 0 Å². The Morgan fingerprint density at radius 2 is 1.84 bits per heavy atom. The molecule has 0 aromatic heterocycles. The highest BCUT2D eigenvalue weighted by Gasteiger charge is 2.63. The number of phenols is 1. The Morgan fingerprint density at radius 3 is 2.44 bits per heavy atom. The van der Waals surface area contributed by atoms with Crippen LogP contribution in [-0.2, 0) is 20.8 Å². The summed E-state index contributed by atoms with van der Waals surface area (Å²) in [5, 5.41) is 47.5. The number of carbonyl (C=O) groups excluding carboxylic acids is 4. The lowest BCUT2D eigenvalue weighted by molar-refractivity contribution is -0.148. The highest BCUT2D eigenvalue weighted by Crippen LogP contribution is 2.53. The number of nitrogens with one attached hydrogen (secondary N) is 1. The number of fused-ring (bicyclic) bond motifs is 3. The van der Waals surface area contributed by atoms with Crippen LogP contribution in [0.3, 0.4) is 0 Å². The molecule has 43 heavy (non-hydrogen) atoms. The number of nitrogens with zero attached hydrogens (tertiary/aromatic N) is 1. The first-order chi connectivity index (χ1) is 20.2. The van der Waals surface area contributed by atoms with Crippen LogP contribution in [0.5, 0.6) is 11.5 Å². The van der Waals surface area contributed by atoms with Crippen molar-refractivity contribution in [2.75, 3.05) is 26.0 Å². The van der Waals surface area contributed by atoms with Gasteiger partial charge >= 0.3 is 0 Å². The van der Waals surface area contributed by atoms with E-state index in [9.17, 15) is 44.0 Å². The molecule has 0 heterocycles. The molecule has 12 nitrogen and oxygen atoms in total. The van der Waals surface area contributed by atoms with Crippen molar-refractivity contribution in [1.82, 2.24) is 4.90 Å². The number of halogens is 2. The van der Waals surface area contributed by atoms with Gasteiger partial charge in [0.25, 0.3) is 11.8 Å². The Morgan fingerprint density at radius 1 is 1.19 bits per heavy atom. The van der Waals surface area contributed by atoms with Crippen molar-refractivity contribution in [3.8, 4) is 11.5 Å². The molecule has 0 saturated heterocycles. The van der Waals surface area contributed by atoms with Crippen LogP contribution in [0.25, 0.3) is 0 Å². The number of primary amides is 1. The Balaban J connectivity index is 1.52. The maximum Gasteiger partial charge on any atom is 0.262 e. The molecular formula is C29H27FIN3O9. The number of rotatable bonds is 6. The third kappa shape index (κ3) is 4.82. The number of aliphatic hydroxyl groups is 3. The zero-order chi connectivity index (χ0) is 31.5. The highest BCUT2D eigenvalue weighted by molar-refractivity contribution is 14.1. The van der Waals surface area contributed by atoms with Crippen LogP contribution in [0.4, 0.5) is 10.1 Å². The second-order valence-corrected chi connectivity index (χ2v) is 12.0. The van der Waals surface area contributed by atoms with Crippen molar-refractivity contribution >= 4 is 51.7 Å². The van der Waals surface area contributed by atoms with Gasteiger partial charge in [-0.1, -0.05) is 0 Å². The van der Waals surface area contributed by atoms with Gasteiger partial charge in [0.2, 0.25) is 5.78 Å². The molecule has 7 N–H and O–H groups in total. The van der Waals surface area contributed by atoms with Gasteiger partial charge in [-0.3, -0.25) is 24.1 Å². The second-order valence-electron chi connectivity index (χ2n) is 10.9. The maximum absolute atomic E-state index is 13.9. The van der Waals surface area contributed by atoms with E-state index in [2.05, 4.69) is 5.32 Å². The van der Waals surface area contributed by atoms with E-state index in [1.54, 1.807) is 14.1 Å². The van der Waals surface area contributed by atoms with Gasteiger partial charge in [-0.25, -0.2) is 4.39 Å². The number of hydrogen-bond donors (Lipinski definition) is 6. The first kappa shape index (κ1) is 30.4. The van der Waals surface area contributed by atoms with Crippen molar-refractivity contribution in [3.05, 3.63) is 73.5 Å². The number of carbonyl (C=O) groups is 4. The Bertz CT molecular complexity index is 1650. The molecule has 0 radical (unpaired) electrons. The molecule has 0 aliphatic heterocycles. The van der Waals surface area contributed by atoms with E-state index in [4.69, 9.17) is 10.5 Å². The van der Waals surface area contributed by atoms with E-state index < -0.39 is 82.1 Å². The lowest BCUT2D eigenvalue weighted by atomic mass is 9.58. The first-order valence-electron chi connectivity index (χ1n) is 13.1. The largest absolute Gasteiger partial charge is 0.510 e. The summed E-state index contributed by atoms with van der Waals surface area (Å²) in [5.41, 5.74) is 1.46. The van der Waals surface area contributed by atoms with E-state index in [1.807, 2.05) is 22.6 Å². The number of aromatic hydroxyl groups is 1. The van der Waals surface area contributed by atoms with Crippen molar-refractivity contribution in [3.63, 3.8) is 0 Å². The normalized spacial score (nSPS) is 24.8. The number of anilines is 1. The summed E-state index contributed by atoms with van der Waals surface area (Å²) in [7, 11) is 3.10. The fraction of sp³-hybridized carbons (Fsp3) is 0.310. The molecule has 2 aromatic rings. The Labute approximate surface area is 257 Å². The molecule has 0 bridgehead atoms. The highest BCUT2D eigenvalue weighted by atomic mass is 127. The number of ether oxygens (including phenoxy) is 1. The number of benzene rings is 2.